The van der Waals surface area contributed by atoms with Crippen LogP contribution in [0.3, 0.4) is 0 Å². The first kappa shape index (κ1) is 21.8. The van der Waals surface area contributed by atoms with Crippen LogP contribution in [-0.4, -0.2) is 32.1 Å². The van der Waals surface area contributed by atoms with Crippen LogP contribution in [0.2, 0.25) is 0 Å². The maximum absolute atomic E-state index is 11.2. The molecular formula is C27H18N2O6. The fraction of sp³-hybridized carbons (Fsp3) is 0.0370. The van der Waals surface area contributed by atoms with Gasteiger partial charge in [0.2, 0.25) is 5.88 Å². The maximum Gasteiger partial charge on any atom is 0.335 e. The molecule has 0 amide bonds. The van der Waals surface area contributed by atoms with Crippen LogP contribution in [0.4, 0.5) is 0 Å². The molecule has 0 aliphatic rings. The normalized spacial score (nSPS) is 10.9. The summed E-state index contributed by atoms with van der Waals surface area (Å²) in [6.45, 7) is 1.81. The van der Waals surface area contributed by atoms with Gasteiger partial charge in [-0.1, -0.05) is 24.3 Å². The lowest BCUT2D eigenvalue weighted by molar-refractivity contribution is 0.0686. The molecule has 1 heterocycles. The van der Waals surface area contributed by atoms with Gasteiger partial charge in [0, 0.05) is 11.8 Å². The molecule has 172 valence electrons. The van der Waals surface area contributed by atoms with Gasteiger partial charge in [-0.05, 0) is 77.0 Å². The lowest BCUT2D eigenvalue weighted by atomic mass is 10.1. The van der Waals surface area contributed by atoms with Gasteiger partial charge in [0.1, 0.15) is 11.5 Å². The van der Waals surface area contributed by atoms with Crippen molar-refractivity contribution in [3.8, 4) is 23.4 Å². The van der Waals surface area contributed by atoms with Gasteiger partial charge in [-0.3, -0.25) is 0 Å². The molecule has 0 aliphatic heterocycles. The molecule has 0 atom stereocenters. The number of fused-ring (bicyclic) bond motifs is 2. The number of carboxylic acid groups (broad SMARTS) is 2. The van der Waals surface area contributed by atoms with Crippen molar-refractivity contribution in [3.63, 3.8) is 0 Å². The Morgan fingerprint density at radius 3 is 1.71 bits per heavy atom. The van der Waals surface area contributed by atoms with Crippen molar-refractivity contribution in [2.24, 2.45) is 0 Å². The molecule has 8 heteroatoms. The van der Waals surface area contributed by atoms with Gasteiger partial charge < -0.3 is 19.7 Å². The molecular weight excluding hydrogens is 448 g/mol. The second-order valence-electron chi connectivity index (χ2n) is 7.90. The van der Waals surface area contributed by atoms with Gasteiger partial charge in [0.15, 0.2) is 0 Å². The van der Waals surface area contributed by atoms with Crippen molar-refractivity contribution in [2.75, 3.05) is 0 Å². The summed E-state index contributed by atoms with van der Waals surface area (Å²) < 4.78 is 11.8. The van der Waals surface area contributed by atoms with Crippen molar-refractivity contribution >= 4 is 33.5 Å². The first-order chi connectivity index (χ1) is 16.9. The number of aromatic carboxylic acids is 2. The molecule has 0 bridgehead atoms. The zero-order chi connectivity index (χ0) is 24.5. The Balaban J connectivity index is 1.38. The van der Waals surface area contributed by atoms with Gasteiger partial charge in [-0.2, -0.15) is 4.98 Å². The summed E-state index contributed by atoms with van der Waals surface area (Å²) in [7, 11) is 0. The average molecular weight is 466 g/mol. The molecule has 0 fully saturated rings. The number of aromatic nitrogens is 2. The first-order valence-corrected chi connectivity index (χ1v) is 10.6. The SMILES string of the molecule is Cc1cnc(Oc2ccc3cc(C(=O)O)ccc3c2)nc1Oc1ccc2cc(C(=O)O)ccc2c1. The summed E-state index contributed by atoms with van der Waals surface area (Å²) in [5.41, 5.74) is 1.14. The number of carbonyl (C=O) groups is 2. The fourth-order valence-electron chi connectivity index (χ4n) is 3.62. The molecule has 4 aromatic carbocycles. The van der Waals surface area contributed by atoms with Gasteiger partial charge >= 0.3 is 17.9 Å². The number of aryl methyl sites for hydroxylation is 1. The second-order valence-corrected chi connectivity index (χ2v) is 7.90. The van der Waals surface area contributed by atoms with E-state index >= 15 is 0 Å². The first-order valence-electron chi connectivity index (χ1n) is 10.6. The Bertz CT molecular complexity index is 1630. The minimum Gasteiger partial charge on any atom is -0.478 e. The van der Waals surface area contributed by atoms with Crippen molar-refractivity contribution in [2.45, 2.75) is 6.92 Å². The molecule has 0 unspecified atom stereocenters. The van der Waals surface area contributed by atoms with Crippen LogP contribution in [-0.2, 0) is 0 Å². The van der Waals surface area contributed by atoms with Crippen molar-refractivity contribution < 1.29 is 29.3 Å². The van der Waals surface area contributed by atoms with Crippen LogP contribution in [0, 0.1) is 6.92 Å². The third-order valence-corrected chi connectivity index (χ3v) is 5.44. The van der Waals surface area contributed by atoms with E-state index in [0.29, 0.717) is 22.9 Å². The minimum atomic E-state index is -0.982. The molecule has 0 radical (unpaired) electrons. The van der Waals surface area contributed by atoms with E-state index in [4.69, 9.17) is 19.7 Å². The van der Waals surface area contributed by atoms with E-state index in [1.165, 1.54) is 6.07 Å². The lowest BCUT2D eigenvalue weighted by Gasteiger charge is -2.11. The number of carboxylic acids is 2. The summed E-state index contributed by atoms with van der Waals surface area (Å²) >= 11 is 0. The average Bonchev–Trinajstić information content (AvgIpc) is 2.85. The van der Waals surface area contributed by atoms with E-state index < -0.39 is 11.9 Å². The summed E-state index contributed by atoms with van der Waals surface area (Å²) in [6, 6.07) is 20.4. The van der Waals surface area contributed by atoms with Crippen molar-refractivity contribution in [3.05, 3.63) is 95.7 Å². The van der Waals surface area contributed by atoms with Crippen LogP contribution in [0.25, 0.3) is 21.5 Å². The zero-order valence-electron chi connectivity index (χ0n) is 18.4. The Kier molecular flexibility index (Phi) is 5.46. The van der Waals surface area contributed by atoms with Crippen LogP contribution < -0.4 is 9.47 Å². The molecule has 1 aromatic heterocycles. The molecule has 5 aromatic rings. The summed E-state index contributed by atoms with van der Waals surface area (Å²) in [4.78, 5) is 31.0. The van der Waals surface area contributed by atoms with E-state index in [0.717, 1.165) is 21.5 Å². The van der Waals surface area contributed by atoms with E-state index in [-0.39, 0.29) is 17.1 Å². The third kappa shape index (κ3) is 4.58. The van der Waals surface area contributed by atoms with E-state index in [9.17, 15) is 9.59 Å². The van der Waals surface area contributed by atoms with E-state index in [2.05, 4.69) is 9.97 Å². The number of benzene rings is 4. The minimum absolute atomic E-state index is 0.0963. The molecule has 8 nitrogen and oxygen atoms in total. The molecule has 2 N–H and O–H groups in total. The number of hydrogen-bond acceptors (Lipinski definition) is 6. The Hall–Kier alpha value is -4.98. The lowest BCUT2D eigenvalue weighted by Crippen LogP contribution is -1.98. The monoisotopic (exact) mass is 466 g/mol. The molecule has 0 aliphatic carbocycles. The maximum atomic E-state index is 11.2. The predicted octanol–water partition coefficient (Wildman–Crippen LogP) is 6.07. The van der Waals surface area contributed by atoms with Crippen LogP contribution in [0.1, 0.15) is 26.3 Å². The van der Waals surface area contributed by atoms with E-state index in [1.54, 1.807) is 72.9 Å². The molecule has 0 spiro atoms. The fourth-order valence-corrected chi connectivity index (χ4v) is 3.62. The predicted molar refractivity (Wildman–Crippen MR) is 129 cm³/mol. The van der Waals surface area contributed by atoms with Gasteiger partial charge in [-0.25, -0.2) is 14.6 Å². The highest BCUT2D eigenvalue weighted by Crippen LogP contribution is 2.30. The second kappa shape index (κ2) is 8.75. The third-order valence-electron chi connectivity index (χ3n) is 5.44. The quantitative estimate of drug-likeness (QED) is 0.309. The highest BCUT2D eigenvalue weighted by molar-refractivity contribution is 5.95. The number of rotatable bonds is 6. The Morgan fingerprint density at radius 2 is 1.17 bits per heavy atom. The standard InChI is InChI=1S/C27H18N2O6/c1-15-14-28-27(35-23-9-7-17-11-21(26(32)33)5-3-19(17)13-23)29-24(15)34-22-8-6-16-10-20(25(30)31)4-2-18(16)12-22/h2-14H,1H3,(H,30,31)(H,32,33). The summed E-state index contributed by atoms with van der Waals surface area (Å²) in [6.07, 6.45) is 1.60. The largest absolute Gasteiger partial charge is 0.478 e. The van der Waals surface area contributed by atoms with Crippen molar-refractivity contribution in [1.82, 2.24) is 9.97 Å². The van der Waals surface area contributed by atoms with Crippen LogP contribution in [0.15, 0.2) is 79.0 Å². The van der Waals surface area contributed by atoms with Gasteiger partial charge in [-0.15, -0.1) is 0 Å². The number of ether oxygens (including phenoxy) is 2. The van der Waals surface area contributed by atoms with E-state index in [1.807, 2.05) is 6.92 Å². The zero-order valence-corrected chi connectivity index (χ0v) is 18.4. The van der Waals surface area contributed by atoms with Crippen LogP contribution in [0.5, 0.6) is 23.4 Å². The highest BCUT2D eigenvalue weighted by atomic mass is 16.5. The summed E-state index contributed by atoms with van der Waals surface area (Å²) in [5, 5.41) is 21.5. The number of hydrogen-bond donors (Lipinski definition) is 2. The van der Waals surface area contributed by atoms with Crippen LogP contribution >= 0.6 is 0 Å². The smallest absolute Gasteiger partial charge is 0.335 e. The highest BCUT2D eigenvalue weighted by Gasteiger charge is 2.11. The van der Waals surface area contributed by atoms with Gasteiger partial charge in [0.25, 0.3) is 0 Å². The van der Waals surface area contributed by atoms with Gasteiger partial charge in [0.05, 0.1) is 11.1 Å². The Labute approximate surface area is 199 Å². The Morgan fingerprint density at radius 1 is 0.686 bits per heavy atom. The number of nitrogens with zero attached hydrogens (tertiary/aromatic N) is 2. The summed E-state index contributed by atoms with van der Waals surface area (Å²) in [5.74, 6) is -0.607. The molecule has 0 saturated carbocycles. The van der Waals surface area contributed by atoms with Crippen molar-refractivity contribution in [1.29, 1.82) is 0 Å². The molecule has 5 rings (SSSR count). The molecule has 0 saturated heterocycles. The molecule has 35 heavy (non-hydrogen) atoms. The topological polar surface area (TPSA) is 119 Å².